The molecule has 202 valence electrons. The molecule has 0 saturated heterocycles. The highest BCUT2D eigenvalue weighted by Crippen LogP contribution is 2.04. The van der Waals surface area contributed by atoms with Crippen LogP contribution in [0.2, 0.25) is 0 Å². The van der Waals surface area contributed by atoms with Crippen molar-refractivity contribution in [2.45, 2.75) is 77.2 Å². The molecule has 0 saturated carbocycles. The van der Waals surface area contributed by atoms with Gasteiger partial charge >= 0.3 is 0 Å². The summed E-state index contributed by atoms with van der Waals surface area (Å²) in [5, 5.41) is 0. The highest BCUT2D eigenvalue weighted by Gasteiger charge is 1.86. The Labute approximate surface area is 241 Å². The molecule has 0 radical (unpaired) electrons. The van der Waals surface area contributed by atoms with Gasteiger partial charge in [0.05, 0.1) is 0 Å². The molecule has 0 atom stereocenters. The van der Waals surface area contributed by atoms with E-state index in [-0.39, 0.29) is 53.7 Å². The normalized spacial score (nSPS) is 7.81. The SMILES string of the molecule is C.C.C.C.CCc1cccc(C)c1.CCc1cccc(C)c1.Cc1ccccn1.[I-].c1ccncc1. The molecule has 4 rings (SSSR count). The predicted octanol–water partition coefficient (Wildman–Crippen LogP) is 7.13. The molecule has 0 aliphatic carbocycles. The van der Waals surface area contributed by atoms with Crippen LogP contribution in [-0.2, 0) is 12.8 Å². The van der Waals surface area contributed by atoms with E-state index < -0.39 is 0 Å². The van der Waals surface area contributed by atoms with Crippen molar-refractivity contribution in [3.05, 3.63) is 131 Å². The van der Waals surface area contributed by atoms with Crippen LogP contribution in [0.15, 0.2) is 104 Å². The Balaban J connectivity index is -0.000000114. The van der Waals surface area contributed by atoms with Gasteiger partial charge < -0.3 is 24.0 Å². The number of hydrogen-bond donors (Lipinski definition) is 0. The number of aryl methyl sites for hydroxylation is 5. The summed E-state index contributed by atoms with van der Waals surface area (Å²) in [5.74, 6) is 0. The van der Waals surface area contributed by atoms with E-state index in [0.717, 1.165) is 18.5 Å². The summed E-state index contributed by atoms with van der Waals surface area (Å²) in [7, 11) is 0. The van der Waals surface area contributed by atoms with Gasteiger partial charge in [-0.2, -0.15) is 0 Å². The summed E-state index contributed by atoms with van der Waals surface area (Å²) in [6.07, 6.45) is 7.57. The zero-order valence-corrected chi connectivity index (χ0v) is 22.2. The summed E-state index contributed by atoms with van der Waals surface area (Å²) in [6.45, 7) is 10.6. The predicted molar refractivity (Wildman–Crippen MR) is 161 cm³/mol. The number of aromatic nitrogens is 2. The van der Waals surface area contributed by atoms with Gasteiger partial charge in [0.15, 0.2) is 0 Å². The summed E-state index contributed by atoms with van der Waals surface area (Å²) >= 11 is 0. The number of benzene rings is 2. The Kier molecular flexibility index (Phi) is 34.7. The van der Waals surface area contributed by atoms with Crippen molar-refractivity contribution in [3.8, 4) is 0 Å². The molecule has 0 spiro atoms. The lowest BCUT2D eigenvalue weighted by Crippen LogP contribution is -3.00. The van der Waals surface area contributed by atoms with Gasteiger partial charge in [0.25, 0.3) is 0 Å². The van der Waals surface area contributed by atoms with Gasteiger partial charge in [-0.15, -0.1) is 0 Å². The largest absolute Gasteiger partial charge is 1.00 e. The van der Waals surface area contributed by atoms with E-state index in [1.165, 1.54) is 22.3 Å². The van der Waals surface area contributed by atoms with Crippen LogP contribution in [0.4, 0.5) is 0 Å². The van der Waals surface area contributed by atoms with Crippen molar-refractivity contribution in [3.63, 3.8) is 0 Å². The lowest BCUT2D eigenvalue weighted by molar-refractivity contribution is -0.00000842. The highest BCUT2D eigenvalue weighted by atomic mass is 127. The monoisotopic (exact) mass is 603 g/mol. The molecule has 0 amide bonds. The average Bonchev–Trinajstić information content (AvgIpc) is 2.82. The maximum Gasteiger partial charge on any atom is 0.0372 e. The zero-order chi connectivity index (χ0) is 22.7. The molecule has 2 heterocycles. The third-order valence-electron chi connectivity index (χ3n) is 4.36. The Morgan fingerprint density at radius 1 is 0.528 bits per heavy atom. The number of rotatable bonds is 2. The van der Waals surface area contributed by atoms with E-state index in [2.05, 4.69) is 86.2 Å². The van der Waals surface area contributed by atoms with Crippen molar-refractivity contribution >= 4 is 0 Å². The molecule has 0 unspecified atom stereocenters. The Hall–Kier alpha value is -2.53. The fraction of sp³-hybridized carbons (Fsp3) is 0.333. The Bertz CT molecular complexity index is 869. The first-order chi connectivity index (χ1) is 15.0. The maximum atomic E-state index is 3.98. The minimum absolute atomic E-state index is 0. The first-order valence-corrected chi connectivity index (χ1v) is 10.9. The van der Waals surface area contributed by atoms with E-state index in [9.17, 15) is 0 Å². The van der Waals surface area contributed by atoms with Crippen molar-refractivity contribution in [2.24, 2.45) is 0 Å². The topological polar surface area (TPSA) is 25.8 Å². The van der Waals surface area contributed by atoms with E-state index in [0.29, 0.717) is 0 Å². The van der Waals surface area contributed by atoms with E-state index in [1.54, 1.807) is 18.6 Å². The molecular formula is C33H52IN2-. The van der Waals surface area contributed by atoms with E-state index in [4.69, 9.17) is 0 Å². The van der Waals surface area contributed by atoms with Gasteiger partial charge in [-0.1, -0.05) is 115 Å². The third kappa shape index (κ3) is 23.2. The molecular weight excluding hydrogens is 551 g/mol. The molecule has 2 aromatic heterocycles. The van der Waals surface area contributed by atoms with Gasteiger partial charge in [-0.3, -0.25) is 9.97 Å². The van der Waals surface area contributed by atoms with Crippen molar-refractivity contribution in [1.82, 2.24) is 9.97 Å². The molecule has 0 fully saturated rings. The van der Waals surface area contributed by atoms with Crippen LogP contribution in [0.1, 0.15) is 71.5 Å². The van der Waals surface area contributed by atoms with Gasteiger partial charge in [0.2, 0.25) is 0 Å². The van der Waals surface area contributed by atoms with Crippen LogP contribution < -0.4 is 24.0 Å². The van der Waals surface area contributed by atoms with Gasteiger partial charge in [-0.25, -0.2) is 0 Å². The standard InChI is InChI=1S/2C9H12.C6H7N.C5H5N.4CH4.HI/c2*1-3-9-6-4-5-8(2)7-9;1-6-4-2-3-5-7-6;1-2-4-6-5-3-1;;;;;/h2*4-7H,3H2,1-2H3;2-5H,1H3;1-5H;4*1H4;1H/p-1. The lowest BCUT2D eigenvalue weighted by atomic mass is 10.1. The summed E-state index contributed by atoms with van der Waals surface area (Å²) < 4.78 is 0. The number of pyridine rings is 2. The Morgan fingerprint density at radius 2 is 0.972 bits per heavy atom. The summed E-state index contributed by atoms with van der Waals surface area (Å²) in [4.78, 5) is 7.76. The van der Waals surface area contributed by atoms with Crippen LogP contribution in [0.5, 0.6) is 0 Å². The van der Waals surface area contributed by atoms with Crippen molar-refractivity contribution in [2.75, 3.05) is 0 Å². The second-order valence-corrected chi connectivity index (χ2v) is 7.18. The zero-order valence-electron chi connectivity index (χ0n) is 20.0. The molecule has 2 aromatic carbocycles. The molecule has 0 aliphatic heterocycles. The highest BCUT2D eigenvalue weighted by molar-refractivity contribution is 5.22. The van der Waals surface area contributed by atoms with Crippen LogP contribution >= 0.6 is 0 Å². The summed E-state index contributed by atoms with van der Waals surface area (Å²) in [5.41, 5.74) is 6.64. The van der Waals surface area contributed by atoms with E-state index >= 15 is 0 Å². The average molecular weight is 604 g/mol. The molecule has 0 N–H and O–H groups in total. The third-order valence-corrected chi connectivity index (χ3v) is 4.36. The number of hydrogen-bond acceptors (Lipinski definition) is 2. The van der Waals surface area contributed by atoms with Gasteiger partial charge in [0, 0.05) is 24.3 Å². The molecule has 2 nitrogen and oxygen atoms in total. The second-order valence-electron chi connectivity index (χ2n) is 7.18. The quantitative estimate of drug-likeness (QED) is 0.228. The van der Waals surface area contributed by atoms with Gasteiger partial charge in [0.1, 0.15) is 0 Å². The lowest BCUT2D eigenvalue weighted by Gasteiger charge is -1.95. The molecule has 4 aromatic rings. The smallest absolute Gasteiger partial charge is 0.0372 e. The number of halogens is 1. The molecule has 0 aliphatic rings. The Morgan fingerprint density at radius 3 is 1.17 bits per heavy atom. The minimum atomic E-state index is 0. The van der Waals surface area contributed by atoms with Crippen LogP contribution in [0, 0.1) is 20.8 Å². The minimum Gasteiger partial charge on any atom is -1.00 e. The summed E-state index contributed by atoms with van der Waals surface area (Å²) in [6, 6.07) is 28.8. The molecule has 36 heavy (non-hydrogen) atoms. The van der Waals surface area contributed by atoms with Gasteiger partial charge in [-0.05, 0) is 69.0 Å². The van der Waals surface area contributed by atoms with Crippen LogP contribution in [-0.4, -0.2) is 9.97 Å². The maximum absolute atomic E-state index is 3.98. The fourth-order valence-electron chi connectivity index (χ4n) is 2.62. The van der Waals surface area contributed by atoms with Crippen LogP contribution in [0.3, 0.4) is 0 Å². The fourth-order valence-corrected chi connectivity index (χ4v) is 2.62. The second kappa shape index (κ2) is 28.7. The van der Waals surface area contributed by atoms with Crippen LogP contribution in [0.25, 0.3) is 0 Å². The van der Waals surface area contributed by atoms with Crippen molar-refractivity contribution in [1.29, 1.82) is 0 Å². The van der Waals surface area contributed by atoms with Crippen molar-refractivity contribution < 1.29 is 24.0 Å². The van der Waals surface area contributed by atoms with E-state index in [1.807, 2.05) is 43.3 Å². The molecule has 0 bridgehead atoms. The number of nitrogens with zero attached hydrogens (tertiary/aromatic N) is 2. The first-order valence-electron chi connectivity index (χ1n) is 10.9. The molecule has 3 heteroatoms. The first kappa shape index (κ1) is 43.5.